The van der Waals surface area contributed by atoms with Gasteiger partial charge in [0, 0.05) is 6.42 Å². The van der Waals surface area contributed by atoms with Crippen LogP contribution in [0.25, 0.3) is 0 Å². The number of allylic oxidation sites excluding steroid dienone is 1. The van der Waals surface area contributed by atoms with Gasteiger partial charge in [0.05, 0.1) is 5.56 Å². The van der Waals surface area contributed by atoms with Crippen molar-refractivity contribution in [2.24, 2.45) is 40.4 Å². The summed E-state index contributed by atoms with van der Waals surface area (Å²) in [6.07, 6.45) is 18.5. The van der Waals surface area contributed by atoms with Gasteiger partial charge in [0.1, 0.15) is 6.10 Å². The van der Waals surface area contributed by atoms with Crippen molar-refractivity contribution in [3.63, 3.8) is 0 Å². The van der Waals surface area contributed by atoms with E-state index in [0.717, 1.165) is 42.4 Å². The van der Waals surface area contributed by atoms with Gasteiger partial charge in [-0.15, -0.1) is 0 Å². The molecule has 2 heteroatoms. The molecule has 35 heavy (non-hydrogen) atoms. The Labute approximate surface area is 214 Å². The largest absolute Gasteiger partial charge is 0.458 e. The first-order valence-electron chi connectivity index (χ1n) is 14.8. The van der Waals surface area contributed by atoms with Crippen molar-refractivity contribution < 1.29 is 9.53 Å². The van der Waals surface area contributed by atoms with Gasteiger partial charge in [-0.1, -0.05) is 76.8 Å². The van der Waals surface area contributed by atoms with Gasteiger partial charge in [-0.05, 0) is 104 Å². The Bertz CT molecular complexity index is 916. The topological polar surface area (TPSA) is 26.3 Å². The molecule has 7 atom stereocenters. The minimum atomic E-state index is -0.160. The average molecular weight is 477 g/mol. The second-order valence-corrected chi connectivity index (χ2v) is 13.4. The van der Waals surface area contributed by atoms with Crippen molar-refractivity contribution in [1.29, 1.82) is 0 Å². The van der Waals surface area contributed by atoms with E-state index in [4.69, 9.17) is 4.74 Å². The zero-order valence-corrected chi connectivity index (χ0v) is 22.7. The van der Waals surface area contributed by atoms with E-state index in [1.165, 1.54) is 64.2 Å². The van der Waals surface area contributed by atoms with E-state index in [2.05, 4.69) is 33.8 Å². The van der Waals surface area contributed by atoms with E-state index in [1.54, 1.807) is 5.57 Å². The minimum absolute atomic E-state index is 0.0362. The molecule has 1 aromatic carbocycles. The lowest BCUT2D eigenvalue weighted by molar-refractivity contribution is -0.0536. The summed E-state index contributed by atoms with van der Waals surface area (Å²) in [4.78, 5) is 12.7. The summed E-state index contributed by atoms with van der Waals surface area (Å²) in [6, 6.07) is 9.49. The summed E-state index contributed by atoms with van der Waals surface area (Å²) >= 11 is 0. The maximum absolute atomic E-state index is 12.7. The third-order valence-corrected chi connectivity index (χ3v) is 11.1. The molecule has 0 saturated heterocycles. The summed E-state index contributed by atoms with van der Waals surface area (Å²) in [7, 11) is 0. The first kappa shape index (κ1) is 25.1. The molecule has 1 aromatic rings. The summed E-state index contributed by atoms with van der Waals surface area (Å²) in [5, 5.41) is 0. The highest BCUT2D eigenvalue weighted by Crippen LogP contribution is 2.66. The molecule has 7 unspecified atom stereocenters. The van der Waals surface area contributed by atoms with E-state index < -0.39 is 0 Å². The van der Waals surface area contributed by atoms with Crippen LogP contribution in [-0.2, 0) is 4.74 Å². The smallest absolute Gasteiger partial charge is 0.338 e. The summed E-state index contributed by atoms with van der Waals surface area (Å²) in [5.41, 5.74) is 3.16. The number of esters is 1. The number of benzene rings is 1. The van der Waals surface area contributed by atoms with E-state index in [0.29, 0.717) is 16.4 Å². The van der Waals surface area contributed by atoms with Crippen molar-refractivity contribution >= 4 is 5.97 Å². The van der Waals surface area contributed by atoms with Crippen molar-refractivity contribution in [3.05, 3.63) is 47.5 Å². The van der Waals surface area contributed by atoms with Crippen molar-refractivity contribution in [2.75, 3.05) is 0 Å². The molecule has 4 aliphatic rings. The van der Waals surface area contributed by atoms with Gasteiger partial charge >= 0.3 is 5.97 Å². The second-order valence-electron chi connectivity index (χ2n) is 13.4. The third kappa shape index (κ3) is 4.76. The lowest BCUT2D eigenvalue weighted by Gasteiger charge is -2.58. The summed E-state index contributed by atoms with van der Waals surface area (Å²) in [6.45, 7) is 9.96. The van der Waals surface area contributed by atoms with Crippen LogP contribution in [0.15, 0.2) is 42.0 Å². The summed E-state index contributed by atoms with van der Waals surface area (Å²) in [5.74, 6) is 4.25. The Morgan fingerprint density at radius 3 is 2.57 bits per heavy atom. The van der Waals surface area contributed by atoms with Crippen molar-refractivity contribution in [1.82, 2.24) is 0 Å². The van der Waals surface area contributed by atoms with Crippen LogP contribution in [0.1, 0.15) is 115 Å². The SMILES string of the molecule is CC(C)CCCCC1CCC2C3CC=C4CC(OC(=O)c5ccccc5)CCC4(C)C3CCC12C. The van der Waals surface area contributed by atoms with Gasteiger partial charge in [-0.3, -0.25) is 0 Å². The first-order chi connectivity index (χ1) is 16.8. The molecule has 0 aromatic heterocycles. The highest BCUT2D eigenvalue weighted by atomic mass is 16.5. The molecular weight excluding hydrogens is 428 g/mol. The van der Waals surface area contributed by atoms with Gasteiger partial charge in [-0.25, -0.2) is 4.79 Å². The predicted octanol–water partition coefficient (Wildman–Crippen LogP) is 9.01. The number of hydrogen-bond donors (Lipinski definition) is 0. The number of hydrogen-bond acceptors (Lipinski definition) is 2. The van der Waals surface area contributed by atoms with Gasteiger partial charge in [0.15, 0.2) is 0 Å². The van der Waals surface area contributed by atoms with Gasteiger partial charge < -0.3 is 4.74 Å². The third-order valence-electron chi connectivity index (χ3n) is 11.1. The molecule has 5 rings (SSSR count). The van der Waals surface area contributed by atoms with Crippen molar-refractivity contribution in [2.45, 2.75) is 111 Å². The van der Waals surface area contributed by atoms with Crippen LogP contribution in [-0.4, -0.2) is 12.1 Å². The molecular formula is C33H48O2. The second kappa shape index (κ2) is 10.1. The molecule has 0 amide bonds. The first-order valence-corrected chi connectivity index (χ1v) is 14.8. The fourth-order valence-corrected chi connectivity index (χ4v) is 9.05. The number of carbonyl (C=O) groups excluding carboxylic acids is 1. The molecule has 192 valence electrons. The van der Waals surface area contributed by atoms with E-state index >= 15 is 0 Å². The summed E-state index contributed by atoms with van der Waals surface area (Å²) < 4.78 is 5.99. The number of unbranched alkanes of at least 4 members (excludes halogenated alkanes) is 1. The lowest BCUT2D eigenvalue weighted by Crippen LogP contribution is -2.50. The molecule has 4 aliphatic carbocycles. The Hall–Kier alpha value is -1.57. The highest BCUT2D eigenvalue weighted by molar-refractivity contribution is 5.89. The maximum Gasteiger partial charge on any atom is 0.338 e. The molecule has 0 spiro atoms. The van der Waals surface area contributed by atoms with Crippen LogP contribution in [0, 0.1) is 40.4 Å². The maximum atomic E-state index is 12.7. The van der Waals surface area contributed by atoms with Gasteiger partial charge in [-0.2, -0.15) is 0 Å². The van der Waals surface area contributed by atoms with Crippen LogP contribution in [0.4, 0.5) is 0 Å². The minimum Gasteiger partial charge on any atom is -0.458 e. The monoisotopic (exact) mass is 476 g/mol. The zero-order valence-electron chi connectivity index (χ0n) is 22.7. The van der Waals surface area contributed by atoms with Crippen LogP contribution in [0.2, 0.25) is 0 Å². The predicted molar refractivity (Wildman–Crippen MR) is 144 cm³/mol. The van der Waals surface area contributed by atoms with Crippen molar-refractivity contribution in [3.8, 4) is 0 Å². The molecule has 0 radical (unpaired) electrons. The van der Waals surface area contributed by atoms with Gasteiger partial charge in [0.25, 0.3) is 0 Å². The lowest BCUT2D eigenvalue weighted by atomic mass is 9.47. The Balaban J connectivity index is 1.23. The highest BCUT2D eigenvalue weighted by Gasteiger charge is 2.58. The van der Waals surface area contributed by atoms with Crippen LogP contribution < -0.4 is 0 Å². The molecule has 3 fully saturated rings. The Morgan fingerprint density at radius 1 is 1.00 bits per heavy atom. The van der Waals surface area contributed by atoms with E-state index in [1.807, 2.05) is 30.3 Å². The molecule has 3 saturated carbocycles. The van der Waals surface area contributed by atoms with Crippen LogP contribution in [0.3, 0.4) is 0 Å². The number of fused-ring (bicyclic) bond motifs is 5. The standard InChI is InChI=1S/C33H48O2/c1-23(2)10-8-9-13-25-15-17-29-28-16-14-26-22-27(35-31(34)24-11-6-5-7-12-24)18-20-33(26,4)30(28)19-21-32(25,29)3/h5-7,11-12,14,23,25,27-30H,8-10,13,15-22H2,1-4H3. The quantitative estimate of drug-likeness (QED) is 0.223. The Morgan fingerprint density at radius 2 is 1.80 bits per heavy atom. The average Bonchev–Trinajstić information content (AvgIpc) is 3.18. The van der Waals surface area contributed by atoms with Gasteiger partial charge in [0.2, 0.25) is 0 Å². The van der Waals surface area contributed by atoms with E-state index in [9.17, 15) is 4.79 Å². The van der Waals surface area contributed by atoms with Crippen LogP contribution >= 0.6 is 0 Å². The number of carbonyl (C=O) groups is 1. The fraction of sp³-hybridized carbons (Fsp3) is 0.727. The number of ether oxygens (including phenoxy) is 1. The van der Waals surface area contributed by atoms with E-state index in [-0.39, 0.29) is 12.1 Å². The zero-order chi connectivity index (χ0) is 24.6. The van der Waals surface area contributed by atoms with Crippen LogP contribution in [0.5, 0.6) is 0 Å². The molecule has 0 heterocycles. The number of rotatable bonds is 7. The fourth-order valence-electron chi connectivity index (χ4n) is 9.05. The molecule has 0 bridgehead atoms. The molecule has 2 nitrogen and oxygen atoms in total. The Kier molecular flexibility index (Phi) is 7.21. The molecule has 0 aliphatic heterocycles. The normalized spacial score (nSPS) is 38.3. The molecule has 0 N–H and O–H groups in total.